The third-order valence-corrected chi connectivity index (χ3v) is 6.02. The van der Waals surface area contributed by atoms with Gasteiger partial charge in [0.25, 0.3) is 5.91 Å². The molecule has 0 radical (unpaired) electrons. The van der Waals surface area contributed by atoms with E-state index in [1.165, 1.54) is 23.5 Å². The molecule has 1 aromatic rings. The molecule has 1 heterocycles. The van der Waals surface area contributed by atoms with Crippen LogP contribution < -0.4 is 10.1 Å². The van der Waals surface area contributed by atoms with Crippen molar-refractivity contribution in [3.8, 4) is 5.75 Å². The highest BCUT2D eigenvalue weighted by Crippen LogP contribution is 2.28. The molecule has 2 rings (SSSR count). The maximum atomic E-state index is 12.9. The molecule has 1 saturated heterocycles. The van der Waals surface area contributed by atoms with Crippen LogP contribution in [0.5, 0.6) is 5.75 Å². The first-order valence-corrected chi connectivity index (χ1v) is 10.5. The van der Waals surface area contributed by atoms with E-state index < -0.39 is 16.0 Å². The number of carbonyl (C=O) groups is 2. The van der Waals surface area contributed by atoms with Gasteiger partial charge in [-0.1, -0.05) is 13.0 Å². The fourth-order valence-corrected chi connectivity index (χ4v) is 4.25. The van der Waals surface area contributed by atoms with Crippen molar-refractivity contribution in [3.05, 3.63) is 23.8 Å². The minimum Gasteiger partial charge on any atom is -0.495 e. The van der Waals surface area contributed by atoms with Crippen LogP contribution in [0.25, 0.3) is 0 Å². The van der Waals surface area contributed by atoms with Crippen molar-refractivity contribution in [2.24, 2.45) is 0 Å². The van der Waals surface area contributed by atoms with E-state index in [0.717, 1.165) is 6.42 Å². The van der Waals surface area contributed by atoms with Gasteiger partial charge in [0, 0.05) is 19.6 Å². The van der Waals surface area contributed by atoms with Gasteiger partial charge in [-0.15, -0.1) is 0 Å². The van der Waals surface area contributed by atoms with Crippen LogP contribution >= 0.6 is 0 Å². The van der Waals surface area contributed by atoms with Gasteiger partial charge in [-0.25, -0.2) is 8.42 Å². The minimum atomic E-state index is -3.79. The van der Waals surface area contributed by atoms with Gasteiger partial charge in [-0.05, 0) is 24.1 Å². The first-order valence-electron chi connectivity index (χ1n) is 9.05. The number of esters is 1. The number of nitrogens with one attached hydrogen (secondary N) is 1. The van der Waals surface area contributed by atoms with E-state index in [2.05, 4.69) is 5.32 Å². The highest BCUT2D eigenvalue weighted by molar-refractivity contribution is 7.89. The van der Waals surface area contributed by atoms with Gasteiger partial charge >= 0.3 is 5.97 Å². The second kappa shape index (κ2) is 10.4. The molecule has 0 spiro atoms. The summed E-state index contributed by atoms with van der Waals surface area (Å²) in [5.74, 6) is -0.797. The van der Waals surface area contributed by atoms with Crippen LogP contribution in [0.4, 0.5) is 0 Å². The first-order chi connectivity index (χ1) is 13.4. The number of nitrogens with zero attached hydrogens (tertiary/aromatic N) is 1. The molecule has 0 aliphatic carbocycles. The second-order valence-electron chi connectivity index (χ2n) is 6.19. The summed E-state index contributed by atoms with van der Waals surface area (Å²) in [6.45, 7) is 3.22. The van der Waals surface area contributed by atoms with Crippen LogP contribution in [0, 0.1) is 0 Å². The van der Waals surface area contributed by atoms with E-state index in [0.29, 0.717) is 25.3 Å². The highest BCUT2D eigenvalue weighted by atomic mass is 32.2. The van der Waals surface area contributed by atoms with Crippen LogP contribution in [0.3, 0.4) is 0 Å². The number of carbonyl (C=O) groups excluding carboxylic acids is 2. The van der Waals surface area contributed by atoms with Crippen molar-refractivity contribution < 1.29 is 32.2 Å². The molecule has 0 atom stereocenters. The Morgan fingerprint density at radius 3 is 2.61 bits per heavy atom. The Balaban J connectivity index is 2.09. The lowest BCUT2D eigenvalue weighted by Gasteiger charge is -2.26. The molecular weight excluding hydrogens is 388 g/mol. The smallest absolute Gasteiger partial charge is 0.310 e. The van der Waals surface area contributed by atoms with Gasteiger partial charge in [-0.3, -0.25) is 9.59 Å². The SMILES string of the molecule is CCCNC(=O)COC(=O)Cc1ccc(OC)c(S(=O)(=O)N2CCOCC2)c1. The molecular formula is C18H26N2O7S. The van der Waals surface area contributed by atoms with Crippen molar-refractivity contribution in [2.45, 2.75) is 24.7 Å². The molecule has 1 fully saturated rings. The molecule has 156 valence electrons. The molecule has 9 nitrogen and oxygen atoms in total. The van der Waals surface area contributed by atoms with Crippen LogP contribution in [0.15, 0.2) is 23.1 Å². The van der Waals surface area contributed by atoms with Crippen molar-refractivity contribution in [1.82, 2.24) is 9.62 Å². The van der Waals surface area contributed by atoms with Crippen molar-refractivity contribution >= 4 is 21.9 Å². The number of rotatable bonds is 9. The predicted molar refractivity (Wildman–Crippen MR) is 101 cm³/mol. The third kappa shape index (κ3) is 5.91. The number of methoxy groups -OCH3 is 1. The molecule has 0 aromatic heterocycles. The summed E-state index contributed by atoms with van der Waals surface area (Å²) < 4.78 is 42.6. The number of morpholine rings is 1. The molecule has 10 heteroatoms. The quantitative estimate of drug-likeness (QED) is 0.580. The average Bonchev–Trinajstić information content (AvgIpc) is 2.71. The van der Waals surface area contributed by atoms with E-state index in [1.807, 2.05) is 6.92 Å². The zero-order valence-electron chi connectivity index (χ0n) is 16.1. The Morgan fingerprint density at radius 1 is 1.25 bits per heavy atom. The maximum Gasteiger partial charge on any atom is 0.310 e. The Bertz CT molecular complexity index is 789. The van der Waals surface area contributed by atoms with Crippen LogP contribution in [0.1, 0.15) is 18.9 Å². The lowest BCUT2D eigenvalue weighted by molar-refractivity contribution is -0.147. The minimum absolute atomic E-state index is 0.0112. The first kappa shape index (κ1) is 22.1. The molecule has 28 heavy (non-hydrogen) atoms. The third-order valence-electron chi connectivity index (χ3n) is 4.10. The molecule has 1 aromatic carbocycles. The number of sulfonamides is 1. The number of benzene rings is 1. The van der Waals surface area contributed by atoms with Crippen molar-refractivity contribution in [3.63, 3.8) is 0 Å². The highest BCUT2D eigenvalue weighted by Gasteiger charge is 2.29. The predicted octanol–water partition coefficient (Wildman–Crippen LogP) is 0.328. The zero-order chi connectivity index (χ0) is 20.6. The molecule has 0 bridgehead atoms. The number of ether oxygens (including phenoxy) is 3. The van der Waals surface area contributed by atoms with Gasteiger partial charge in [0.15, 0.2) is 6.61 Å². The fourth-order valence-electron chi connectivity index (χ4n) is 2.64. The van der Waals surface area contributed by atoms with Crippen molar-refractivity contribution in [1.29, 1.82) is 0 Å². The van der Waals surface area contributed by atoms with E-state index in [-0.39, 0.29) is 42.7 Å². The molecule has 0 unspecified atom stereocenters. The summed E-state index contributed by atoms with van der Waals surface area (Å²) in [5, 5.41) is 2.60. The summed E-state index contributed by atoms with van der Waals surface area (Å²) in [7, 11) is -2.40. The Kier molecular flexibility index (Phi) is 8.21. The number of hydrogen-bond acceptors (Lipinski definition) is 7. The Morgan fingerprint density at radius 2 is 1.96 bits per heavy atom. The van der Waals surface area contributed by atoms with Crippen LogP contribution in [0.2, 0.25) is 0 Å². The maximum absolute atomic E-state index is 12.9. The summed E-state index contributed by atoms with van der Waals surface area (Å²) >= 11 is 0. The van der Waals surface area contributed by atoms with Crippen LogP contribution in [-0.2, 0) is 35.5 Å². The van der Waals surface area contributed by atoms with Gasteiger partial charge in [0.1, 0.15) is 10.6 Å². The lowest BCUT2D eigenvalue weighted by Crippen LogP contribution is -2.40. The monoisotopic (exact) mass is 414 g/mol. The summed E-state index contributed by atoms with van der Waals surface area (Å²) in [6.07, 6.45) is 0.628. The van der Waals surface area contributed by atoms with Crippen molar-refractivity contribution in [2.75, 3.05) is 46.6 Å². The van der Waals surface area contributed by atoms with E-state index in [4.69, 9.17) is 14.2 Å². The van der Waals surface area contributed by atoms with E-state index in [1.54, 1.807) is 6.07 Å². The zero-order valence-corrected chi connectivity index (χ0v) is 16.9. The van der Waals surface area contributed by atoms with Gasteiger partial charge in [0.05, 0.1) is 26.7 Å². The van der Waals surface area contributed by atoms with Gasteiger partial charge in [0.2, 0.25) is 10.0 Å². The second-order valence-corrected chi connectivity index (χ2v) is 8.10. The topological polar surface area (TPSA) is 111 Å². The standard InChI is InChI=1S/C18H26N2O7S/c1-3-6-19-17(21)13-27-18(22)12-14-4-5-15(25-2)16(11-14)28(23,24)20-7-9-26-10-8-20/h4-5,11H,3,6-10,12-13H2,1-2H3,(H,19,21). The van der Waals surface area contributed by atoms with E-state index >= 15 is 0 Å². The van der Waals surface area contributed by atoms with Gasteiger partial charge < -0.3 is 19.5 Å². The molecule has 1 amide bonds. The summed E-state index contributed by atoms with van der Waals surface area (Å²) in [6, 6.07) is 4.50. The number of amides is 1. The summed E-state index contributed by atoms with van der Waals surface area (Å²) in [5.41, 5.74) is 0.451. The lowest BCUT2D eigenvalue weighted by atomic mass is 10.1. The Labute approximate surface area is 165 Å². The average molecular weight is 414 g/mol. The molecule has 1 aliphatic heterocycles. The number of hydrogen-bond donors (Lipinski definition) is 1. The summed E-state index contributed by atoms with van der Waals surface area (Å²) in [4.78, 5) is 23.5. The molecule has 1 N–H and O–H groups in total. The molecule has 1 aliphatic rings. The normalized spacial score (nSPS) is 15.1. The van der Waals surface area contributed by atoms with E-state index in [9.17, 15) is 18.0 Å². The molecule has 0 saturated carbocycles. The largest absolute Gasteiger partial charge is 0.495 e. The van der Waals surface area contributed by atoms with Gasteiger partial charge in [-0.2, -0.15) is 4.31 Å². The Hall–Kier alpha value is -2.17. The fraction of sp³-hybridized carbons (Fsp3) is 0.556. The van der Waals surface area contributed by atoms with Crippen LogP contribution in [-0.4, -0.2) is 71.2 Å².